The number of nitro groups is 1. The average Bonchev–Trinajstić information content (AvgIpc) is 2.53. The monoisotopic (exact) mass is 303 g/mol. The Morgan fingerprint density at radius 3 is 2.55 bits per heavy atom. The van der Waals surface area contributed by atoms with Crippen molar-refractivity contribution < 1.29 is 9.72 Å². The molecule has 116 valence electrons. The zero-order valence-corrected chi connectivity index (χ0v) is 12.2. The quantitative estimate of drug-likeness (QED) is 0.638. The summed E-state index contributed by atoms with van der Waals surface area (Å²) >= 11 is 0. The highest BCUT2D eigenvalue weighted by atomic mass is 16.6. The van der Waals surface area contributed by atoms with E-state index in [-0.39, 0.29) is 23.2 Å². The Labute approximate surface area is 127 Å². The third-order valence-corrected chi connectivity index (χ3v) is 3.94. The summed E-state index contributed by atoms with van der Waals surface area (Å²) in [7, 11) is 0. The zero-order valence-electron chi connectivity index (χ0n) is 12.2. The lowest BCUT2D eigenvalue weighted by Gasteiger charge is -2.38. The molecule has 0 aromatic heterocycles. The van der Waals surface area contributed by atoms with Crippen LogP contribution in [0.2, 0.25) is 0 Å². The van der Waals surface area contributed by atoms with E-state index >= 15 is 0 Å². The molecule has 0 spiro atoms. The minimum absolute atomic E-state index is 0.0513. The van der Waals surface area contributed by atoms with Crippen LogP contribution in [0.15, 0.2) is 18.2 Å². The van der Waals surface area contributed by atoms with Gasteiger partial charge in [-0.25, -0.2) is 0 Å². The first-order valence-corrected chi connectivity index (χ1v) is 6.91. The van der Waals surface area contributed by atoms with Gasteiger partial charge in [0.25, 0.3) is 5.69 Å². The van der Waals surface area contributed by atoms with E-state index in [2.05, 4.69) is 0 Å². The second-order valence-corrected chi connectivity index (χ2v) is 5.17. The van der Waals surface area contributed by atoms with Crippen LogP contribution in [0, 0.1) is 21.4 Å². The molecule has 1 aliphatic heterocycles. The zero-order chi connectivity index (χ0) is 16.3. The van der Waals surface area contributed by atoms with E-state index in [0.717, 1.165) is 5.69 Å². The molecule has 0 bridgehead atoms. The Bertz CT molecular complexity index is 632. The van der Waals surface area contributed by atoms with Gasteiger partial charge in [-0.15, -0.1) is 0 Å². The van der Waals surface area contributed by atoms with Crippen molar-refractivity contribution in [2.24, 2.45) is 5.73 Å². The number of hydrogen-bond donors (Lipinski definition) is 1. The summed E-state index contributed by atoms with van der Waals surface area (Å²) in [5.41, 5.74) is 5.94. The van der Waals surface area contributed by atoms with Crippen molar-refractivity contribution in [2.75, 3.05) is 31.1 Å². The average molecular weight is 303 g/mol. The van der Waals surface area contributed by atoms with Crippen LogP contribution >= 0.6 is 0 Å². The van der Waals surface area contributed by atoms with Crippen LogP contribution in [0.25, 0.3) is 0 Å². The standard InChI is InChI=1S/C14H17N5O3/c1-10(14(16)20)17-4-6-18(7-5-17)12-2-3-13(19(21)22)11(8-12)9-15/h2-3,8,10H,4-7H2,1H3,(H2,16,20)/t10-/m0/s1. The fraction of sp³-hybridized carbons (Fsp3) is 0.429. The number of benzene rings is 1. The van der Waals surface area contributed by atoms with Crippen molar-refractivity contribution in [3.05, 3.63) is 33.9 Å². The van der Waals surface area contributed by atoms with Crippen LogP contribution in [-0.4, -0.2) is 48.0 Å². The summed E-state index contributed by atoms with van der Waals surface area (Å²) in [5.74, 6) is -0.351. The summed E-state index contributed by atoms with van der Waals surface area (Å²) in [6.07, 6.45) is 0. The van der Waals surface area contributed by atoms with Gasteiger partial charge < -0.3 is 10.6 Å². The summed E-state index contributed by atoms with van der Waals surface area (Å²) in [6.45, 7) is 4.45. The number of nitriles is 1. The molecular weight excluding hydrogens is 286 g/mol. The van der Waals surface area contributed by atoms with Crippen LogP contribution in [-0.2, 0) is 4.79 Å². The number of carbonyl (C=O) groups excluding carboxylic acids is 1. The molecule has 0 aliphatic carbocycles. The molecule has 0 saturated carbocycles. The fourth-order valence-corrected chi connectivity index (χ4v) is 2.52. The molecule has 8 heteroatoms. The Morgan fingerprint density at radius 2 is 2.05 bits per heavy atom. The van der Waals surface area contributed by atoms with Gasteiger partial charge in [0.15, 0.2) is 0 Å². The molecule has 1 aliphatic rings. The number of carbonyl (C=O) groups is 1. The molecule has 1 fully saturated rings. The van der Waals surface area contributed by atoms with Gasteiger partial charge in [-0.1, -0.05) is 0 Å². The van der Waals surface area contributed by atoms with Gasteiger partial charge in [0.1, 0.15) is 11.6 Å². The lowest BCUT2D eigenvalue weighted by Crippen LogP contribution is -2.53. The van der Waals surface area contributed by atoms with Gasteiger partial charge in [-0.05, 0) is 19.1 Å². The third-order valence-electron chi connectivity index (χ3n) is 3.94. The molecule has 1 atom stereocenters. The van der Waals surface area contributed by atoms with E-state index in [1.54, 1.807) is 13.0 Å². The summed E-state index contributed by atoms with van der Waals surface area (Å²) in [5, 5.41) is 19.9. The molecule has 0 radical (unpaired) electrons. The molecule has 0 unspecified atom stereocenters. The lowest BCUT2D eigenvalue weighted by molar-refractivity contribution is -0.385. The van der Waals surface area contributed by atoms with Crippen LogP contribution < -0.4 is 10.6 Å². The second-order valence-electron chi connectivity index (χ2n) is 5.17. The van der Waals surface area contributed by atoms with Crippen molar-refractivity contribution in [1.29, 1.82) is 5.26 Å². The van der Waals surface area contributed by atoms with Crippen molar-refractivity contribution in [3.8, 4) is 6.07 Å². The van der Waals surface area contributed by atoms with Crippen LogP contribution in [0.5, 0.6) is 0 Å². The molecule has 2 rings (SSSR count). The SMILES string of the molecule is C[C@@H](C(N)=O)N1CCN(c2ccc([N+](=O)[O-])c(C#N)c2)CC1. The highest BCUT2D eigenvalue weighted by Gasteiger charge is 2.25. The molecule has 1 aromatic carbocycles. The summed E-state index contributed by atoms with van der Waals surface area (Å²) < 4.78 is 0. The smallest absolute Gasteiger partial charge is 0.287 e. The van der Waals surface area contributed by atoms with Crippen molar-refractivity contribution in [3.63, 3.8) is 0 Å². The van der Waals surface area contributed by atoms with Gasteiger partial charge in [0.05, 0.1) is 11.0 Å². The fourth-order valence-electron chi connectivity index (χ4n) is 2.52. The van der Waals surface area contributed by atoms with E-state index in [9.17, 15) is 14.9 Å². The largest absolute Gasteiger partial charge is 0.369 e. The van der Waals surface area contributed by atoms with Gasteiger partial charge in [0, 0.05) is 37.9 Å². The van der Waals surface area contributed by atoms with E-state index in [1.807, 2.05) is 15.9 Å². The lowest BCUT2D eigenvalue weighted by atomic mass is 10.1. The van der Waals surface area contributed by atoms with Crippen molar-refractivity contribution in [2.45, 2.75) is 13.0 Å². The van der Waals surface area contributed by atoms with E-state index < -0.39 is 4.92 Å². The maximum Gasteiger partial charge on any atom is 0.287 e. The highest BCUT2D eigenvalue weighted by molar-refractivity contribution is 5.79. The van der Waals surface area contributed by atoms with Gasteiger partial charge in [0.2, 0.25) is 5.91 Å². The third kappa shape index (κ3) is 3.15. The number of nitrogens with two attached hydrogens (primary N) is 1. The molecule has 1 saturated heterocycles. The number of nitro benzene ring substituents is 1. The number of piperazine rings is 1. The predicted octanol–water partition coefficient (Wildman–Crippen LogP) is 0.462. The number of nitrogens with zero attached hydrogens (tertiary/aromatic N) is 4. The van der Waals surface area contributed by atoms with Crippen molar-refractivity contribution in [1.82, 2.24) is 4.90 Å². The molecule has 22 heavy (non-hydrogen) atoms. The van der Waals surface area contributed by atoms with Crippen LogP contribution in [0.3, 0.4) is 0 Å². The predicted molar refractivity (Wildman–Crippen MR) is 80.3 cm³/mol. The second kappa shape index (κ2) is 6.41. The molecule has 1 heterocycles. The maximum atomic E-state index is 11.2. The van der Waals surface area contributed by atoms with Gasteiger partial charge >= 0.3 is 0 Å². The number of amides is 1. The number of hydrogen-bond acceptors (Lipinski definition) is 6. The summed E-state index contributed by atoms with van der Waals surface area (Å²) in [6, 6.07) is 6.08. The molecule has 2 N–H and O–H groups in total. The van der Waals surface area contributed by atoms with Gasteiger partial charge in [-0.2, -0.15) is 5.26 Å². The summed E-state index contributed by atoms with van der Waals surface area (Å²) in [4.78, 5) is 25.5. The van der Waals surface area contributed by atoms with Crippen LogP contribution in [0.4, 0.5) is 11.4 Å². The first kappa shape index (κ1) is 15.7. The van der Waals surface area contributed by atoms with E-state index in [0.29, 0.717) is 26.2 Å². The van der Waals surface area contributed by atoms with Crippen molar-refractivity contribution >= 4 is 17.3 Å². The molecule has 1 amide bonds. The van der Waals surface area contributed by atoms with Gasteiger partial charge in [-0.3, -0.25) is 19.8 Å². The minimum atomic E-state index is -0.561. The highest BCUT2D eigenvalue weighted by Crippen LogP contribution is 2.25. The normalized spacial score (nSPS) is 16.8. The number of rotatable bonds is 4. The Morgan fingerprint density at radius 1 is 1.41 bits per heavy atom. The Hall–Kier alpha value is -2.66. The minimum Gasteiger partial charge on any atom is -0.369 e. The van der Waals surface area contributed by atoms with E-state index in [4.69, 9.17) is 11.0 Å². The Kier molecular flexibility index (Phi) is 4.58. The molecular formula is C14H17N5O3. The Balaban J connectivity index is 2.10. The first-order chi connectivity index (χ1) is 10.4. The van der Waals surface area contributed by atoms with E-state index in [1.165, 1.54) is 12.1 Å². The molecule has 1 aromatic rings. The number of primary amides is 1. The topological polar surface area (TPSA) is 116 Å². The maximum absolute atomic E-state index is 11.2. The first-order valence-electron chi connectivity index (χ1n) is 6.91. The van der Waals surface area contributed by atoms with Crippen LogP contribution in [0.1, 0.15) is 12.5 Å². The molecule has 8 nitrogen and oxygen atoms in total. The number of anilines is 1.